The lowest BCUT2D eigenvalue weighted by molar-refractivity contribution is 0.0731. The zero-order chi connectivity index (χ0) is 24.4. The van der Waals surface area contributed by atoms with Crippen molar-refractivity contribution in [2.24, 2.45) is 0 Å². The van der Waals surface area contributed by atoms with Crippen molar-refractivity contribution >= 4 is 5.97 Å². The van der Waals surface area contributed by atoms with Crippen molar-refractivity contribution in [3.05, 3.63) is 48.0 Å². The molecule has 0 aliphatic heterocycles. The summed E-state index contributed by atoms with van der Waals surface area (Å²) in [5.74, 6) is 0.947. The molecule has 0 unspecified atom stereocenters. The quantitative estimate of drug-likeness (QED) is 0.135. The second-order valence-electron chi connectivity index (χ2n) is 8.77. The van der Waals surface area contributed by atoms with Gasteiger partial charge in [0.1, 0.15) is 28.6 Å². The number of esters is 1. The van der Waals surface area contributed by atoms with Crippen LogP contribution in [0, 0.1) is 0 Å². The fraction of sp³-hybridized carbons (Fsp3) is 0.552. The molecule has 0 saturated carbocycles. The molecule has 2 rings (SSSR count). The standard InChI is InChI=1S/C29H42O5/c1-3-5-7-9-11-13-21-32-24-15-17-25(18-16-24)34-29(31)27-20-19-26(23-28(27)30)33-22-14-12-10-8-6-4-2/h15-20,23,30H,3-14,21-22H2,1-2H3. The summed E-state index contributed by atoms with van der Waals surface area (Å²) in [6.45, 7) is 5.71. The van der Waals surface area contributed by atoms with Gasteiger partial charge >= 0.3 is 5.97 Å². The predicted octanol–water partition coefficient (Wildman–Crippen LogP) is 8.09. The third-order valence-electron chi connectivity index (χ3n) is 5.76. The van der Waals surface area contributed by atoms with Crippen molar-refractivity contribution < 1.29 is 24.1 Å². The zero-order valence-electron chi connectivity index (χ0n) is 21.0. The Morgan fingerprint density at radius 1 is 0.647 bits per heavy atom. The SMILES string of the molecule is CCCCCCCCOc1ccc(OC(=O)c2ccc(OCCCCCCCC)cc2O)cc1. The number of phenols is 1. The fourth-order valence-corrected chi connectivity index (χ4v) is 3.68. The van der Waals surface area contributed by atoms with Crippen molar-refractivity contribution in [3.63, 3.8) is 0 Å². The molecule has 5 heteroatoms. The zero-order valence-corrected chi connectivity index (χ0v) is 21.0. The van der Waals surface area contributed by atoms with Gasteiger partial charge in [-0.2, -0.15) is 0 Å². The smallest absolute Gasteiger partial charge is 0.347 e. The normalized spacial score (nSPS) is 10.8. The lowest BCUT2D eigenvalue weighted by Crippen LogP contribution is -2.09. The van der Waals surface area contributed by atoms with Crippen LogP contribution in [0.5, 0.6) is 23.0 Å². The van der Waals surface area contributed by atoms with Gasteiger partial charge in [0.2, 0.25) is 0 Å². The second-order valence-corrected chi connectivity index (χ2v) is 8.77. The summed E-state index contributed by atoms with van der Waals surface area (Å²) < 4.78 is 16.9. The largest absolute Gasteiger partial charge is 0.507 e. The van der Waals surface area contributed by atoms with Crippen LogP contribution < -0.4 is 14.2 Å². The minimum Gasteiger partial charge on any atom is -0.507 e. The van der Waals surface area contributed by atoms with Crippen molar-refractivity contribution in [1.29, 1.82) is 0 Å². The van der Waals surface area contributed by atoms with Gasteiger partial charge in [0.05, 0.1) is 13.2 Å². The van der Waals surface area contributed by atoms with E-state index in [9.17, 15) is 9.90 Å². The van der Waals surface area contributed by atoms with Crippen LogP contribution in [0.3, 0.4) is 0 Å². The summed E-state index contributed by atoms with van der Waals surface area (Å²) in [6, 6.07) is 11.7. The first-order valence-electron chi connectivity index (χ1n) is 13.0. The molecule has 34 heavy (non-hydrogen) atoms. The average molecular weight is 471 g/mol. The topological polar surface area (TPSA) is 65.0 Å². The van der Waals surface area contributed by atoms with Crippen LogP contribution >= 0.6 is 0 Å². The van der Waals surface area contributed by atoms with Crippen LogP contribution in [0.1, 0.15) is 101 Å². The number of carbonyl (C=O) groups excluding carboxylic acids is 1. The van der Waals surface area contributed by atoms with Crippen molar-refractivity contribution in [3.8, 4) is 23.0 Å². The van der Waals surface area contributed by atoms with Crippen LogP contribution in [-0.2, 0) is 0 Å². The van der Waals surface area contributed by atoms with E-state index < -0.39 is 5.97 Å². The van der Waals surface area contributed by atoms with Gasteiger partial charge in [-0.05, 0) is 49.2 Å². The molecule has 0 aliphatic rings. The van der Waals surface area contributed by atoms with E-state index >= 15 is 0 Å². The first kappa shape index (κ1) is 27.6. The van der Waals surface area contributed by atoms with E-state index in [1.54, 1.807) is 30.3 Å². The molecule has 0 spiro atoms. The molecule has 0 radical (unpaired) electrons. The summed E-state index contributed by atoms with van der Waals surface area (Å²) in [4.78, 5) is 12.5. The molecule has 0 fully saturated rings. The first-order chi connectivity index (χ1) is 16.6. The minimum absolute atomic E-state index is 0.107. The molecule has 5 nitrogen and oxygen atoms in total. The molecular formula is C29H42O5. The van der Waals surface area contributed by atoms with Gasteiger partial charge < -0.3 is 19.3 Å². The highest BCUT2D eigenvalue weighted by molar-refractivity contribution is 5.94. The number of unbranched alkanes of at least 4 members (excludes halogenated alkanes) is 10. The van der Waals surface area contributed by atoms with E-state index in [1.807, 2.05) is 0 Å². The highest BCUT2D eigenvalue weighted by atomic mass is 16.5. The van der Waals surface area contributed by atoms with Crippen LogP contribution in [0.15, 0.2) is 42.5 Å². The average Bonchev–Trinajstić information content (AvgIpc) is 2.84. The Morgan fingerprint density at radius 2 is 1.12 bits per heavy atom. The molecule has 2 aromatic carbocycles. The lowest BCUT2D eigenvalue weighted by atomic mass is 10.1. The molecular weight excluding hydrogens is 428 g/mol. The number of carbonyl (C=O) groups is 1. The Labute approximate surface area is 205 Å². The summed E-state index contributed by atoms with van der Waals surface area (Å²) in [5, 5.41) is 10.3. The number of benzene rings is 2. The third-order valence-corrected chi connectivity index (χ3v) is 5.76. The van der Waals surface area contributed by atoms with Crippen molar-refractivity contribution in [2.45, 2.75) is 90.9 Å². The van der Waals surface area contributed by atoms with Gasteiger partial charge in [-0.25, -0.2) is 4.79 Å². The van der Waals surface area contributed by atoms with Gasteiger partial charge in [0.25, 0.3) is 0 Å². The fourth-order valence-electron chi connectivity index (χ4n) is 3.68. The summed E-state index contributed by atoms with van der Waals surface area (Å²) >= 11 is 0. The summed E-state index contributed by atoms with van der Waals surface area (Å²) in [6.07, 6.45) is 14.5. The number of rotatable bonds is 18. The van der Waals surface area contributed by atoms with Gasteiger partial charge in [0.15, 0.2) is 0 Å². The molecule has 0 atom stereocenters. The lowest BCUT2D eigenvalue weighted by Gasteiger charge is -2.10. The minimum atomic E-state index is -0.610. The van der Waals surface area contributed by atoms with E-state index in [4.69, 9.17) is 14.2 Å². The van der Waals surface area contributed by atoms with E-state index in [0.29, 0.717) is 24.7 Å². The van der Waals surface area contributed by atoms with Crippen molar-refractivity contribution in [1.82, 2.24) is 0 Å². The number of ether oxygens (including phenoxy) is 3. The van der Waals surface area contributed by atoms with E-state index in [-0.39, 0.29) is 11.3 Å². The molecule has 0 saturated heterocycles. The number of phenolic OH excluding ortho intramolecular Hbond substituents is 1. The van der Waals surface area contributed by atoms with Crippen molar-refractivity contribution in [2.75, 3.05) is 13.2 Å². The molecule has 188 valence electrons. The third kappa shape index (κ3) is 11.0. The predicted molar refractivity (Wildman–Crippen MR) is 137 cm³/mol. The summed E-state index contributed by atoms with van der Waals surface area (Å²) in [5.41, 5.74) is 0.107. The number of aromatic hydroxyl groups is 1. The van der Waals surface area contributed by atoms with Gasteiger partial charge in [-0.3, -0.25) is 0 Å². The maximum absolute atomic E-state index is 12.5. The van der Waals surface area contributed by atoms with Crippen LogP contribution in [0.2, 0.25) is 0 Å². The first-order valence-corrected chi connectivity index (χ1v) is 13.0. The molecule has 0 aromatic heterocycles. The molecule has 0 aliphatic carbocycles. The van der Waals surface area contributed by atoms with Gasteiger partial charge in [0, 0.05) is 6.07 Å². The van der Waals surface area contributed by atoms with Gasteiger partial charge in [-0.15, -0.1) is 0 Å². The molecule has 2 aromatic rings. The Hall–Kier alpha value is -2.69. The number of hydrogen-bond donors (Lipinski definition) is 1. The van der Waals surface area contributed by atoms with Crippen LogP contribution in [-0.4, -0.2) is 24.3 Å². The van der Waals surface area contributed by atoms with Gasteiger partial charge in [-0.1, -0.05) is 78.1 Å². The maximum atomic E-state index is 12.5. The van der Waals surface area contributed by atoms with E-state index in [0.717, 1.165) is 25.0 Å². The molecule has 1 N–H and O–H groups in total. The highest BCUT2D eigenvalue weighted by Gasteiger charge is 2.15. The molecule has 0 bridgehead atoms. The Balaban J connectivity index is 1.72. The maximum Gasteiger partial charge on any atom is 0.347 e. The van der Waals surface area contributed by atoms with Crippen LogP contribution in [0.25, 0.3) is 0 Å². The van der Waals surface area contributed by atoms with E-state index in [1.165, 1.54) is 69.9 Å². The highest BCUT2D eigenvalue weighted by Crippen LogP contribution is 2.26. The monoisotopic (exact) mass is 470 g/mol. The Morgan fingerprint density at radius 3 is 1.68 bits per heavy atom. The van der Waals surface area contributed by atoms with E-state index in [2.05, 4.69) is 13.8 Å². The number of hydrogen-bond acceptors (Lipinski definition) is 5. The molecule has 0 heterocycles. The Kier molecular flexibility index (Phi) is 13.7. The second kappa shape index (κ2) is 16.9. The Bertz CT molecular complexity index is 816. The summed E-state index contributed by atoms with van der Waals surface area (Å²) in [7, 11) is 0. The molecule has 0 amide bonds. The van der Waals surface area contributed by atoms with Crippen LogP contribution in [0.4, 0.5) is 0 Å².